The molecule has 0 unspecified atom stereocenters. The number of carbonyl (C=O) groups is 1. The summed E-state index contributed by atoms with van der Waals surface area (Å²) in [5, 5.41) is 12.8. The van der Waals surface area contributed by atoms with Gasteiger partial charge in [0.1, 0.15) is 0 Å². The topological polar surface area (TPSA) is 62.2 Å². The number of nitrogens with one attached hydrogen (secondary N) is 1. The minimum absolute atomic E-state index is 0.205. The van der Waals surface area contributed by atoms with Crippen molar-refractivity contribution in [3.05, 3.63) is 71.6 Å². The molecular weight excluding hydrogens is 276 g/mol. The molecule has 1 aliphatic heterocycles. The van der Waals surface area contributed by atoms with Crippen LogP contribution in [-0.4, -0.2) is 16.1 Å². The molecule has 0 radical (unpaired) electrons. The van der Waals surface area contributed by atoms with Crippen molar-refractivity contribution in [2.75, 3.05) is 5.32 Å². The molecule has 110 valence electrons. The molecular formula is C18H16N2O2. The second-order valence-electron chi connectivity index (χ2n) is 5.87. The van der Waals surface area contributed by atoms with Gasteiger partial charge >= 0.3 is 5.97 Å². The van der Waals surface area contributed by atoms with Gasteiger partial charge in [0.25, 0.3) is 0 Å². The van der Waals surface area contributed by atoms with E-state index in [1.807, 2.05) is 18.3 Å². The Morgan fingerprint density at radius 3 is 3.00 bits per heavy atom. The van der Waals surface area contributed by atoms with E-state index < -0.39 is 5.97 Å². The van der Waals surface area contributed by atoms with Crippen molar-refractivity contribution < 1.29 is 9.90 Å². The number of hydrogen-bond acceptors (Lipinski definition) is 3. The van der Waals surface area contributed by atoms with E-state index in [0.29, 0.717) is 11.5 Å². The van der Waals surface area contributed by atoms with Crippen LogP contribution in [-0.2, 0) is 0 Å². The third kappa shape index (κ3) is 1.99. The van der Waals surface area contributed by atoms with Gasteiger partial charge in [-0.1, -0.05) is 18.2 Å². The molecule has 1 aromatic carbocycles. The quantitative estimate of drug-likeness (QED) is 0.830. The summed E-state index contributed by atoms with van der Waals surface area (Å²) in [6, 6.07) is 9.60. The summed E-state index contributed by atoms with van der Waals surface area (Å²) < 4.78 is 0. The highest BCUT2D eigenvalue weighted by molar-refractivity contribution is 5.89. The number of benzene rings is 1. The molecule has 4 heteroatoms. The lowest BCUT2D eigenvalue weighted by molar-refractivity contribution is 0.0696. The monoisotopic (exact) mass is 292 g/mol. The van der Waals surface area contributed by atoms with Crippen LogP contribution in [0.5, 0.6) is 0 Å². The first-order valence-corrected chi connectivity index (χ1v) is 7.44. The number of anilines is 1. The number of fused-ring (bicyclic) bond motifs is 3. The summed E-state index contributed by atoms with van der Waals surface area (Å²) in [4.78, 5) is 15.4. The number of carboxylic acid groups (broad SMARTS) is 1. The minimum atomic E-state index is -0.879. The lowest BCUT2D eigenvalue weighted by Crippen LogP contribution is -2.29. The Labute approximate surface area is 128 Å². The Morgan fingerprint density at radius 2 is 2.23 bits per heavy atom. The second kappa shape index (κ2) is 4.98. The van der Waals surface area contributed by atoms with Gasteiger partial charge in [-0.3, -0.25) is 4.98 Å². The molecule has 2 aromatic rings. The lowest BCUT2D eigenvalue weighted by atomic mass is 9.77. The number of allylic oxidation sites excluding steroid dienone is 2. The molecule has 0 spiro atoms. The van der Waals surface area contributed by atoms with Gasteiger partial charge in [-0.2, -0.15) is 0 Å². The van der Waals surface area contributed by atoms with Gasteiger partial charge in [-0.15, -0.1) is 0 Å². The lowest BCUT2D eigenvalue weighted by Gasteiger charge is -2.37. The summed E-state index contributed by atoms with van der Waals surface area (Å²) in [7, 11) is 0. The first-order chi connectivity index (χ1) is 10.7. The van der Waals surface area contributed by atoms with E-state index in [4.69, 9.17) is 0 Å². The van der Waals surface area contributed by atoms with Crippen LogP contribution in [0.3, 0.4) is 0 Å². The standard InChI is InChI=1S/C18H16N2O2/c21-18(22)11-6-7-16-15(9-11)13-4-1-5-14(13)17(20-16)12-3-2-8-19-10-12/h1-4,6-10,13-14,17,20H,5H2,(H,21,22)/t13-,14-,17+/m0/s1. The van der Waals surface area contributed by atoms with Crippen molar-refractivity contribution in [1.82, 2.24) is 4.98 Å². The van der Waals surface area contributed by atoms with Crippen LogP contribution in [0.1, 0.15) is 39.9 Å². The number of pyridine rings is 1. The molecule has 2 aliphatic rings. The summed E-state index contributed by atoms with van der Waals surface area (Å²) >= 11 is 0. The van der Waals surface area contributed by atoms with E-state index in [0.717, 1.165) is 17.7 Å². The molecule has 0 bridgehead atoms. The van der Waals surface area contributed by atoms with Gasteiger partial charge in [-0.25, -0.2) is 4.79 Å². The van der Waals surface area contributed by atoms with Crippen molar-refractivity contribution in [3.8, 4) is 0 Å². The van der Waals surface area contributed by atoms with Gasteiger partial charge < -0.3 is 10.4 Å². The van der Waals surface area contributed by atoms with Crippen molar-refractivity contribution in [2.45, 2.75) is 18.4 Å². The van der Waals surface area contributed by atoms with Gasteiger partial charge in [0.2, 0.25) is 0 Å². The molecule has 2 heterocycles. The van der Waals surface area contributed by atoms with Crippen molar-refractivity contribution in [2.24, 2.45) is 5.92 Å². The first kappa shape index (κ1) is 13.1. The maximum atomic E-state index is 11.2. The van der Waals surface area contributed by atoms with E-state index in [1.54, 1.807) is 18.3 Å². The average Bonchev–Trinajstić information content (AvgIpc) is 3.04. The SMILES string of the molecule is O=C(O)c1ccc2c(c1)[C@H]1C=CC[C@@H]1[C@@H](c1cccnc1)N2. The summed E-state index contributed by atoms with van der Waals surface area (Å²) in [6.07, 6.45) is 9.09. The minimum Gasteiger partial charge on any atom is -0.478 e. The van der Waals surface area contributed by atoms with E-state index in [1.165, 1.54) is 5.56 Å². The van der Waals surface area contributed by atoms with Gasteiger partial charge in [-0.05, 0) is 47.7 Å². The Kier molecular flexibility index (Phi) is 2.96. The Hall–Kier alpha value is -2.62. The third-order valence-corrected chi connectivity index (χ3v) is 4.65. The Bertz CT molecular complexity index is 755. The number of carboxylic acids is 1. The molecule has 4 rings (SSSR count). The molecule has 22 heavy (non-hydrogen) atoms. The zero-order chi connectivity index (χ0) is 15.1. The summed E-state index contributed by atoms with van der Waals surface area (Å²) in [6.45, 7) is 0. The normalized spacial score (nSPS) is 25.2. The summed E-state index contributed by atoms with van der Waals surface area (Å²) in [5.74, 6) is -0.211. The molecule has 4 nitrogen and oxygen atoms in total. The predicted molar refractivity (Wildman–Crippen MR) is 84.0 cm³/mol. The van der Waals surface area contributed by atoms with Crippen LogP contribution >= 0.6 is 0 Å². The Morgan fingerprint density at radius 1 is 1.32 bits per heavy atom. The van der Waals surface area contributed by atoms with Crippen molar-refractivity contribution >= 4 is 11.7 Å². The van der Waals surface area contributed by atoms with E-state index in [2.05, 4.69) is 28.5 Å². The molecule has 1 aromatic heterocycles. The average molecular weight is 292 g/mol. The molecule has 3 atom stereocenters. The molecule has 0 saturated heterocycles. The number of aromatic carboxylic acids is 1. The molecule has 1 aliphatic carbocycles. The molecule has 0 fully saturated rings. The fourth-order valence-corrected chi connectivity index (χ4v) is 3.62. The van der Waals surface area contributed by atoms with Crippen LogP contribution in [0, 0.1) is 5.92 Å². The zero-order valence-corrected chi connectivity index (χ0v) is 11.9. The Balaban J connectivity index is 1.79. The molecule has 2 N–H and O–H groups in total. The van der Waals surface area contributed by atoms with Crippen LogP contribution in [0.15, 0.2) is 54.9 Å². The predicted octanol–water partition coefficient (Wildman–Crippen LogP) is 3.61. The van der Waals surface area contributed by atoms with Gasteiger partial charge in [0.15, 0.2) is 0 Å². The van der Waals surface area contributed by atoms with E-state index >= 15 is 0 Å². The van der Waals surface area contributed by atoms with Crippen LogP contribution in [0.4, 0.5) is 5.69 Å². The van der Waals surface area contributed by atoms with Crippen LogP contribution in [0.2, 0.25) is 0 Å². The maximum absolute atomic E-state index is 11.2. The highest BCUT2D eigenvalue weighted by atomic mass is 16.4. The highest BCUT2D eigenvalue weighted by Crippen LogP contribution is 2.49. The third-order valence-electron chi connectivity index (χ3n) is 4.65. The van der Waals surface area contributed by atoms with E-state index in [9.17, 15) is 9.90 Å². The van der Waals surface area contributed by atoms with Crippen LogP contribution < -0.4 is 5.32 Å². The number of hydrogen-bond donors (Lipinski definition) is 2. The highest BCUT2D eigenvalue weighted by Gasteiger charge is 2.38. The maximum Gasteiger partial charge on any atom is 0.335 e. The second-order valence-corrected chi connectivity index (χ2v) is 5.87. The summed E-state index contributed by atoms with van der Waals surface area (Å²) in [5.41, 5.74) is 3.62. The van der Waals surface area contributed by atoms with Gasteiger partial charge in [0, 0.05) is 24.0 Å². The first-order valence-electron chi connectivity index (χ1n) is 7.44. The number of rotatable bonds is 2. The fourth-order valence-electron chi connectivity index (χ4n) is 3.62. The van der Waals surface area contributed by atoms with E-state index in [-0.39, 0.29) is 12.0 Å². The van der Waals surface area contributed by atoms with Crippen molar-refractivity contribution in [1.29, 1.82) is 0 Å². The number of nitrogens with zero attached hydrogens (tertiary/aromatic N) is 1. The van der Waals surface area contributed by atoms with Gasteiger partial charge in [0.05, 0.1) is 11.6 Å². The molecule has 0 amide bonds. The smallest absolute Gasteiger partial charge is 0.335 e. The largest absolute Gasteiger partial charge is 0.478 e. The molecule has 0 saturated carbocycles. The van der Waals surface area contributed by atoms with Crippen LogP contribution in [0.25, 0.3) is 0 Å². The number of aromatic nitrogens is 1. The zero-order valence-electron chi connectivity index (χ0n) is 11.9. The van der Waals surface area contributed by atoms with Crippen molar-refractivity contribution in [3.63, 3.8) is 0 Å². The fraction of sp³-hybridized carbons (Fsp3) is 0.222.